The summed E-state index contributed by atoms with van der Waals surface area (Å²) in [5.41, 5.74) is 2.59. The molecule has 0 aliphatic carbocycles. The number of anilines is 1. The lowest BCUT2D eigenvalue weighted by Gasteiger charge is -2.28. The van der Waals surface area contributed by atoms with E-state index in [1.165, 1.54) is 23.4 Å². The van der Waals surface area contributed by atoms with Gasteiger partial charge in [-0.2, -0.15) is 0 Å². The molecule has 0 fully saturated rings. The Bertz CT molecular complexity index is 1140. The first kappa shape index (κ1) is 19.1. The van der Waals surface area contributed by atoms with Crippen LogP contribution in [0.2, 0.25) is 0 Å². The van der Waals surface area contributed by atoms with Gasteiger partial charge in [-0.3, -0.25) is 20.2 Å². The van der Waals surface area contributed by atoms with Crippen LogP contribution in [-0.2, 0) is 6.54 Å². The zero-order valence-corrected chi connectivity index (χ0v) is 15.8. The third-order valence-electron chi connectivity index (χ3n) is 4.78. The van der Waals surface area contributed by atoms with Crippen LogP contribution in [0.3, 0.4) is 0 Å². The van der Waals surface area contributed by atoms with Gasteiger partial charge in [-0.1, -0.05) is 42.5 Å². The summed E-state index contributed by atoms with van der Waals surface area (Å²) in [7, 11) is 0. The molecule has 1 heterocycles. The number of fused-ring (bicyclic) bond motifs is 1. The number of para-hydroxylation sites is 1. The van der Waals surface area contributed by atoms with E-state index in [9.17, 15) is 20.2 Å². The average Bonchev–Trinajstić information content (AvgIpc) is 2.75. The van der Waals surface area contributed by atoms with Crippen LogP contribution in [0.25, 0.3) is 6.08 Å². The molecule has 3 aromatic carbocycles. The quantitative estimate of drug-likeness (QED) is 0.407. The molecule has 4 rings (SSSR count). The van der Waals surface area contributed by atoms with Crippen LogP contribution < -0.4 is 9.64 Å². The van der Waals surface area contributed by atoms with Crippen molar-refractivity contribution in [2.45, 2.75) is 6.54 Å². The van der Waals surface area contributed by atoms with Gasteiger partial charge in [0.15, 0.2) is 0 Å². The second-order valence-corrected chi connectivity index (χ2v) is 6.75. The van der Waals surface area contributed by atoms with E-state index in [-0.39, 0.29) is 11.4 Å². The summed E-state index contributed by atoms with van der Waals surface area (Å²) in [6, 6.07) is 18.7. The molecular formula is C22H17N3O5. The molecule has 150 valence electrons. The Balaban J connectivity index is 1.50. The predicted molar refractivity (Wildman–Crippen MR) is 113 cm³/mol. The first-order valence-corrected chi connectivity index (χ1v) is 9.21. The molecule has 0 bridgehead atoms. The zero-order chi connectivity index (χ0) is 21.1. The normalized spacial score (nSPS) is 12.3. The predicted octanol–water partition coefficient (Wildman–Crippen LogP) is 5.33. The van der Waals surface area contributed by atoms with Crippen molar-refractivity contribution in [1.82, 2.24) is 0 Å². The highest BCUT2D eigenvalue weighted by Gasteiger charge is 2.21. The second kappa shape index (κ2) is 8.04. The molecule has 8 nitrogen and oxygen atoms in total. The van der Waals surface area contributed by atoms with Crippen LogP contribution in [-0.4, -0.2) is 16.4 Å². The van der Waals surface area contributed by atoms with Crippen molar-refractivity contribution < 1.29 is 14.6 Å². The summed E-state index contributed by atoms with van der Waals surface area (Å²) in [5.74, 6) is 0.364. The van der Waals surface area contributed by atoms with Gasteiger partial charge < -0.3 is 9.64 Å². The van der Waals surface area contributed by atoms with Crippen LogP contribution in [0.1, 0.15) is 11.1 Å². The maximum atomic E-state index is 11.3. The van der Waals surface area contributed by atoms with E-state index in [1.54, 1.807) is 12.1 Å². The number of nitro groups is 2. The molecule has 0 radical (unpaired) electrons. The van der Waals surface area contributed by atoms with Crippen molar-refractivity contribution in [3.63, 3.8) is 0 Å². The van der Waals surface area contributed by atoms with E-state index in [2.05, 4.69) is 29.2 Å². The SMILES string of the molecule is O=[N+]([O-])c1ccc(Oc2ccc(CN3CC=Cc4ccccc43)cc2)c([N+](=O)[O-])c1. The molecule has 1 aliphatic heterocycles. The Kier molecular flexibility index (Phi) is 5.13. The molecule has 0 N–H and O–H groups in total. The van der Waals surface area contributed by atoms with Crippen LogP contribution in [0.4, 0.5) is 17.1 Å². The molecule has 0 amide bonds. The van der Waals surface area contributed by atoms with Gasteiger partial charge in [-0.25, -0.2) is 0 Å². The van der Waals surface area contributed by atoms with Gasteiger partial charge in [-0.15, -0.1) is 0 Å². The molecular weight excluding hydrogens is 386 g/mol. The molecule has 0 saturated carbocycles. The highest BCUT2D eigenvalue weighted by Crippen LogP contribution is 2.34. The summed E-state index contributed by atoms with van der Waals surface area (Å²) in [6.07, 6.45) is 4.23. The number of hydrogen-bond donors (Lipinski definition) is 0. The Morgan fingerprint density at radius 3 is 2.43 bits per heavy atom. The highest BCUT2D eigenvalue weighted by molar-refractivity contribution is 5.71. The topological polar surface area (TPSA) is 98.8 Å². The number of ether oxygens (including phenoxy) is 1. The van der Waals surface area contributed by atoms with E-state index < -0.39 is 15.5 Å². The van der Waals surface area contributed by atoms with E-state index >= 15 is 0 Å². The number of nitro benzene ring substituents is 2. The smallest absolute Gasteiger partial charge is 0.318 e. The van der Waals surface area contributed by atoms with Crippen molar-refractivity contribution in [2.75, 3.05) is 11.4 Å². The van der Waals surface area contributed by atoms with Gasteiger partial charge >= 0.3 is 5.69 Å². The summed E-state index contributed by atoms with van der Waals surface area (Å²) >= 11 is 0. The fourth-order valence-electron chi connectivity index (χ4n) is 3.33. The summed E-state index contributed by atoms with van der Waals surface area (Å²) < 4.78 is 5.62. The molecule has 3 aromatic rings. The van der Waals surface area contributed by atoms with Gasteiger partial charge in [0, 0.05) is 24.8 Å². The number of benzene rings is 3. The maximum absolute atomic E-state index is 11.3. The second-order valence-electron chi connectivity index (χ2n) is 6.75. The summed E-state index contributed by atoms with van der Waals surface area (Å²) in [4.78, 5) is 23.0. The van der Waals surface area contributed by atoms with Crippen molar-refractivity contribution in [3.8, 4) is 11.5 Å². The first-order chi connectivity index (χ1) is 14.5. The Morgan fingerprint density at radius 2 is 1.70 bits per heavy atom. The third-order valence-corrected chi connectivity index (χ3v) is 4.78. The molecule has 30 heavy (non-hydrogen) atoms. The molecule has 8 heteroatoms. The lowest BCUT2D eigenvalue weighted by atomic mass is 10.1. The van der Waals surface area contributed by atoms with E-state index in [1.807, 2.05) is 24.3 Å². The molecule has 0 atom stereocenters. The van der Waals surface area contributed by atoms with E-state index in [4.69, 9.17) is 4.74 Å². The molecule has 0 saturated heterocycles. The van der Waals surface area contributed by atoms with Gasteiger partial charge in [-0.05, 0) is 35.4 Å². The Labute approximate surface area is 171 Å². The minimum Gasteiger partial charge on any atom is -0.450 e. The number of rotatable bonds is 6. The monoisotopic (exact) mass is 403 g/mol. The maximum Gasteiger partial charge on any atom is 0.318 e. The lowest BCUT2D eigenvalue weighted by Crippen LogP contribution is -2.25. The van der Waals surface area contributed by atoms with Crippen LogP contribution in [0.5, 0.6) is 11.5 Å². The van der Waals surface area contributed by atoms with E-state index in [0.29, 0.717) is 12.3 Å². The third kappa shape index (κ3) is 3.97. The van der Waals surface area contributed by atoms with Crippen molar-refractivity contribution >= 4 is 23.1 Å². The highest BCUT2D eigenvalue weighted by atomic mass is 16.6. The Hall–Kier alpha value is -4.20. The first-order valence-electron chi connectivity index (χ1n) is 9.21. The van der Waals surface area contributed by atoms with Crippen LogP contribution in [0.15, 0.2) is 72.8 Å². The van der Waals surface area contributed by atoms with Gasteiger partial charge in [0.2, 0.25) is 5.75 Å². The van der Waals surface area contributed by atoms with E-state index in [0.717, 1.165) is 18.2 Å². The standard InChI is InChI=1S/C22H17N3O5/c26-24(27)18-9-12-22(21(14-18)25(28)29)30-19-10-7-16(8-11-19)15-23-13-3-5-17-4-1-2-6-20(17)23/h1-12,14H,13,15H2. The van der Waals surface area contributed by atoms with Gasteiger partial charge in [0.25, 0.3) is 5.69 Å². The molecule has 0 unspecified atom stereocenters. The fourth-order valence-corrected chi connectivity index (χ4v) is 3.33. The summed E-state index contributed by atoms with van der Waals surface area (Å²) in [6.45, 7) is 1.52. The number of non-ortho nitro benzene ring substituents is 1. The van der Waals surface area contributed by atoms with Gasteiger partial charge in [0.05, 0.1) is 15.9 Å². The largest absolute Gasteiger partial charge is 0.450 e. The minimum absolute atomic E-state index is 0.0477. The lowest BCUT2D eigenvalue weighted by molar-refractivity contribution is -0.394. The van der Waals surface area contributed by atoms with Crippen LogP contribution in [0, 0.1) is 20.2 Å². The van der Waals surface area contributed by atoms with Crippen molar-refractivity contribution in [3.05, 3.63) is 104 Å². The molecule has 0 aromatic heterocycles. The average molecular weight is 403 g/mol. The zero-order valence-electron chi connectivity index (χ0n) is 15.8. The molecule has 1 aliphatic rings. The van der Waals surface area contributed by atoms with Crippen LogP contribution >= 0.6 is 0 Å². The fraction of sp³-hybridized carbons (Fsp3) is 0.0909. The van der Waals surface area contributed by atoms with Crippen molar-refractivity contribution in [2.24, 2.45) is 0 Å². The van der Waals surface area contributed by atoms with Crippen molar-refractivity contribution in [1.29, 1.82) is 0 Å². The minimum atomic E-state index is -0.696. The number of hydrogen-bond acceptors (Lipinski definition) is 6. The molecule has 0 spiro atoms. The van der Waals surface area contributed by atoms with Gasteiger partial charge in [0.1, 0.15) is 5.75 Å². The summed E-state index contributed by atoms with van der Waals surface area (Å²) in [5, 5.41) is 22.1. The Morgan fingerprint density at radius 1 is 0.933 bits per heavy atom. The number of nitrogens with zero attached hydrogens (tertiary/aromatic N) is 3.